The van der Waals surface area contributed by atoms with Gasteiger partial charge in [0, 0.05) is 28.3 Å². The van der Waals surface area contributed by atoms with Crippen LogP contribution in [0.15, 0.2) is 62.7 Å². The number of nitrogens with one attached hydrogen (secondary N) is 1. The minimum atomic E-state index is -0.462. The zero-order chi connectivity index (χ0) is 26.1. The summed E-state index contributed by atoms with van der Waals surface area (Å²) in [5, 5.41) is 24.0. The number of hydrogen-bond acceptors (Lipinski definition) is 10. The number of nitrogens with zero attached hydrogens (tertiary/aromatic N) is 4. The van der Waals surface area contributed by atoms with Crippen molar-refractivity contribution in [1.82, 2.24) is 10.2 Å². The lowest BCUT2D eigenvalue weighted by Crippen LogP contribution is -2.38. The Balaban J connectivity index is 1.42. The van der Waals surface area contributed by atoms with Crippen LogP contribution < -0.4 is 16.0 Å². The number of aryl methyl sites for hydroxylation is 2. The number of thioether (sulfide) groups is 1. The molecule has 1 unspecified atom stereocenters. The van der Waals surface area contributed by atoms with E-state index in [2.05, 4.69) is 21.6 Å². The fourth-order valence-electron chi connectivity index (χ4n) is 4.65. The van der Waals surface area contributed by atoms with Gasteiger partial charge in [0.15, 0.2) is 10.1 Å². The Hall–Kier alpha value is -3.46. The first-order valence-electron chi connectivity index (χ1n) is 11.7. The van der Waals surface area contributed by atoms with Gasteiger partial charge in [-0.05, 0) is 61.4 Å². The number of nitrogens with two attached hydrogens (primary N) is 1. The normalized spacial score (nSPS) is 17.6. The minimum absolute atomic E-state index is 0.0382. The maximum Gasteiger partial charge on any atom is 0.234 e. The molecule has 1 aromatic carbocycles. The van der Waals surface area contributed by atoms with Crippen LogP contribution in [0.25, 0.3) is 0 Å². The first-order valence-corrected chi connectivity index (χ1v) is 14.4. The summed E-state index contributed by atoms with van der Waals surface area (Å²) in [6.45, 7) is 3.95. The third kappa shape index (κ3) is 4.92. The van der Waals surface area contributed by atoms with E-state index in [1.807, 2.05) is 49.6 Å². The number of nitriles is 1. The lowest BCUT2D eigenvalue weighted by Gasteiger charge is -2.37. The van der Waals surface area contributed by atoms with E-state index in [0.717, 1.165) is 27.4 Å². The number of carbonyl (C=O) groups is 2. The van der Waals surface area contributed by atoms with E-state index in [4.69, 9.17) is 5.73 Å². The zero-order valence-corrected chi connectivity index (χ0v) is 22.7. The number of Topliss-reactive ketones (excluding diaryl/α,β-unsaturated/α-hetero) is 1. The number of amides is 1. The average Bonchev–Trinajstić information content (AvgIpc) is 3.51. The molecule has 0 bridgehead atoms. The summed E-state index contributed by atoms with van der Waals surface area (Å²) in [7, 11) is 0. The quantitative estimate of drug-likeness (QED) is 0.400. The number of benzene rings is 1. The van der Waals surface area contributed by atoms with E-state index in [1.54, 1.807) is 4.90 Å². The second-order valence-electron chi connectivity index (χ2n) is 8.84. The molecule has 0 fully saturated rings. The van der Waals surface area contributed by atoms with Crippen LogP contribution in [0.5, 0.6) is 0 Å². The van der Waals surface area contributed by atoms with Gasteiger partial charge in [-0.25, -0.2) is 0 Å². The molecule has 3 N–H and O–H groups in total. The largest absolute Gasteiger partial charge is 0.384 e. The van der Waals surface area contributed by atoms with Gasteiger partial charge in [0.2, 0.25) is 11.0 Å². The molecule has 1 aliphatic carbocycles. The topological polar surface area (TPSA) is 125 Å². The van der Waals surface area contributed by atoms with Crippen LogP contribution in [0.3, 0.4) is 0 Å². The molecule has 188 valence electrons. The van der Waals surface area contributed by atoms with Crippen molar-refractivity contribution in [1.29, 1.82) is 5.26 Å². The smallest absolute Gasteiger partial charge is 0.234 e. The van der Waals surface area contributed by atoms with Crippen molar-refractivity contribution in [3.63, 3.8) is 0 Å². The molecule has 0 saturated heterocycles. The Morgan fingerprint density at radius 2 is 2.14 bits per heavy atom. The third-order valence-electron chi connectivity index (χ3n) is 6.29. The Morgan fingerprint density at radius 3 is 2.86 bits per heavy atom. The van der Waals surface area contributed by atoms with Gasteiger partial charge in [-0.15, -0.1) is 21.5 Å². The van der Waals surface area contributed by atoms with Crippen LogP contribution in [0, 0.1) is 25.2 Å². The Kier molecular flexibility index (Phi) is 7.15. The molecule has 1 atom stereocenters. The van der Waals surface area contributed by atoms with E-state index in [0.29, 0.717) is 39.9 Å². The van der Waals surface area contributed by atoms with Crippen molar-refractivity contribution in [2.75, 3.05) is 16.0 Å². The predicted molar refractivity (Wildman–Crippen MR) is 147 cm³/mol. The number of rotatable bonds is 6. The summed E-state index contributed by atoms with van der Waals surface area (Å²) in [5.74, 6) is -0.122. The predicted octanol–water partition coefficient (Wildman–Crippen LogP) is 5.25. The van der Waals surface area contributed by atoms with Gasteiger partial charge >= 0.3 is 0 Å². The lowest BCUT2D eigenvalue weighted by molar-refractivity contribution is -0.116. The Morgan fingerprint density at radius 1 is 1.30 bits per heavy atom. The summed E-state index contributed by atoms with van der Waals surface area (Å²) in [6.07, 6.45) is 1.81. The van der Waals surface area contributed by atoms with Gasteiger partial charge in [-0.2, -0.15) is 5.26 Å². The molecule has 11 heteroatoms. The van der Waals surface area contributed by atoms with E-state index >= 15 is 0 Å². The summed E-state index contributed by atoms with van der Waals surface area (Å²) in [6, 6.07) is 11.9. The van der Waals surface area contributed by atoms with E-state index in [9.17, 15) is 14.9 Å². The van der Waals surface area contributed by atoms with Crippen molar-refractivity contribution >= 4 is 56.9 Å². The number of hydrogen-bond donors (Lipinski definition) is 2. The number of anilines is 2. The second-order valence-corrected chi connectivity index (χ2v) is 12.0. The van der Waals surface area contributed by atoms with E-state index < -0.39 is 5.92 Å². The van der Waals surface area contributed by atoms with Crippen LogP contribution in [-0.2, 0) is 9.59 Å². The van der Waals surface area contributed by atoms with Gasteiger partial charge in [0.05, 0.1) is 23.3 Å². The fourth-order valence-corrected chi connectivity index (χ4v) is 7.37. The molecule has 5 rings (SSSR count). The first-order chi connectivity index (χ1) is 17.9. The van der Waals surface area contributed by atoms with Gasteiger partial charge in [-0.3, -0.25) is 14.5 Å². The Labute approximate surface area is 226 Å². The van der Waals surface area contributed by atoms with Crippen LogP contribution >= 0.6 is 34.4 Å². The summed E-state index contributed by atoms with van der Waals surface area (Å²) in [5.41, 5.74) is 11.2. The molecule has 0 spiro atoms. The molecule has 37 heavy (non-hydrogen) atoms. The highest BCUT2D eigenvalue weighted by Crippen LogP contribution is 2.48. The maximum atomic E-state index is 13.2. The summed E-state index contributed by atoms with van der Waals surface area (Å²) in [4.78, 5) is 28.3. The highest BCUT2D eigenvalue weighted by atomic mass is 32.2. The highest BCUT2D eigenvalue weighted by molar-refractivity contribution is 8.01. The zero-order valence-electron chi connectivity index (χ0n) is 20.3. The van der Waals surface area contributed by atoms with Crippen LogP contribution in [0.4, 0.5) is 10.8 Å². The molecule has 1 aliphatic heterocycles. The molecule has 3 aromatic rings. The second kappa shape index (κ2) is 10.5. The summed E-state index contributed by atoms with van der Waals surface area (Å²) < 4.78 is 0.598. The standard InChI is InChI=1S/C26H24N6O2S3/c1-14-5-3-6-16(11-14)29-20(34)13-36-26-31-30-25(37-26)32-18-7-4-8-19(33)22(18)21(17(12-27)24(32)28)23-15(2)9-10-35-23/h3,5-6,9-11,21H,4,7-8,13,28H2,1-2H3,(H,29,34). The summed E-state index contributed by atoms with van der Waals surface area (Å²) >= 11 is 4.10. The minimum Gasteiger partial charge on any atom is -0.384 e. The van der Waals surface area contributed by atoms with Crippen LogP contribution in [0.2, 0.25) is 0 Å². The number of aromatic nitrogens is 2. The number of carbonyl (C=O) groups excluding carboxylic acids is 2. The van der Waals surface area contributed by atoms with Gasteiger partial charge in [0.1, 0.15) is 5.82 Å². The number of thiophene rings is 1. The van der Waals surface area contributed by atoms with Crippen molar-refractivity contribution in [2.24, 2.45) is 5.73 Å². The van der Waals surface area contributed by atoms with Crippen molar-refractivity contribution in [3.05, 3.63) is 74.4 Å². The maximum absolute atomic E-state index is 13.2. The molecule has 8 nitrogen and oxygen atoms in total. The van der Waals surface area contributed by atoms with Gasteiger partial charge in [-0.1, -0.05) is 35.2 Å². The van der Waals surface area contributed by atoms with E-state index in [1.165, 1.54) is 34.4 Å². The molecule has 2 aliphatic rings. The van der Waals surface area contributed by atoms with Gasteiger partial charge < -0.3 is 11.1 Å². The average molecular weight is 549 g/mol. The number of allylic oxidation sites excluding steroid dienone is 3. The first kappa shape index (κ1) is 25.2. The van der Waals surface area contributed by atoms with Crippen LogP contribution in [-0.4, -0.2) is 27.6 Å². The Bertz CT molecular complexity index is 1500. The molecule has 1 amide bonds. The fraction of sp³-hybridized carbons (Fsp3) is 0.269. The molecule has 2 aromatic heterocycles. The number of ketones is 1. The molecule has 0 saturated carbocycles. The SMILES string of the molecule is Cc1cccc(NC(=O)CSc2nnc(N3C(N)=C(C#N)C(c4sccc4C)C4=C3CCCC4=O)s2)c1. The highest BCUT2D eigenvalue weighted by Gasteiger charge is 2.42. The molecular weight excluding hydrogens is 525 g/mol. The van der Waals surface area contributed by atoms with Crippen LogP contribution in [0.1, 0.15) is 41.2 Å². The molecular formula is C26H24N6O2S3. The van der Waals surface area contributed by atoms with Crippen molar-refractivity contribution in [3.8, 4) is 6.07 Å². The van der Waals surface area contributed by atoms with E-state index in [-0.39, 0.29) is 23.3 Å². The third-order valence-corrected chi connectivity index (χ3v) is 9.42. The van der Waals surface area contributed by atoms with Crippen molar-refractivity contribution in [2.45, 2.75) is 43.4 Å². The monoisotopic (exact) mass is 548 g/mol. The lowest BCUT2D eigenvalue weighted by atomic mass is 9.78. The molecule has 3 heterocycles. The molecule has 0 radical (unpaired) electrons. The van der Waals surface area contributed by atoms with Crippen molar-refractivity contribution < 1.29 is 9.59 Å². The van der Waals surface area contributed by atoms with Gasteiger partial charge in [0.25, 0.3) is 0 Å².